The third-order valence-electron chi connectivity index (χ3n) is 14.9. The van der Waals surface area contributed by atoms with E-state index in [1.807, 2.05) is 0 Å². The molecule has 0 fully saturated rings. The van der Waals surface area contributed by atoms with Crippen LogP contribution in [0, 0.1) is 0 Å². The lowest BCUT2D eigenvalue weighted by atomic mass is 9.40. The Morgan fingerprint density at radius 1 is 0.492 bits per heavy atom. The van der Waals surface area contributed by atoms with Gasteiger partial charge in [-0.1, -0.05) is 161 Å². The standard InChI is InChI=1S/C59H56BN3/c1-56(2,3)35-25-28-39(29-26-35)62-49-33-37(58(7,8)9)32-44-51-50-41-22-16-17-23-46(41)61(38-19-13-12-14-20-38)48(50)34-42-40-21-15-18-24-47(40)63(53(42)51)60(52(44)49)55-54(62)43-31-36(57(4,5)6)27-30-45(43)59(55,10)11/h12-34H,1-11H3. The average Bonchev–Trinajstić information content (AvgIpc) is 3.84. The molecule has 0 radical (unpaired) electrons. The lowest BCUT2D eigenvalue weighted by Gasteiger charge is -2.44. The molecule has 7 aromatic carbocycles. The van der Waals surface area contributed by atoms with Gasteiger partial charge in [-0.2, -0.15) is 0 Å². The van der Waals surface area contributed by atoms with Crippen molar-refractivity contribution in [1.82, 2.24) is 9.05 Å². The zero-order valence-electron chi connectivity index (χ0n) is 38.7. The summed E-state index contributed by atoms with van der Waals surface area (Å²) in [5.41, 5.74) is 22.2. The number of fused-ring (bicyclic) bond motifs is 12. The van der Waals surface area contributed by atoms with Crippen LogP contribution < -0.4 is 10.4 Å². The predicted octanol–water partition coefficient (Wildman–Crippen LogP) is 14.9. The Balaban J connectivity index is 1.31. The van der Waals surface area contributed by atoms with E-state index < -0.39 is 0 Å². The van der Waals surface area contributed by atoms with Crippen molar-refractivity contribution in [1.29, 1.82) is 0 Å². The monoisotopic (exact) mass is 817 g/mol. The third-order valence-corrected chi connectivity index (χ3v) is 14.9. The number of anilines is 2. The fourth-order valence-electron chi connectivity index (χ4n) is 11.7. The molecular formula is C59H56BN3. The second-order valence-corrected chi connectivity index (χ2v) is 22.3. The molecule has 4 heteroatoms. The van der Waals surface area contributed by atoms with Gasteiger partial charge in [0.15, 0.2) is 0 Å². The van der Waals surface area contributed by atoms with Gasteiger partial charge in [-0.05, 0) is 110 Å². The summed E-state index contributed by atoms with van der Waals surface area (Å²) in [6, 6.07) is 53.9. The molecule has 3 aliphatic rings. The Morgan fingerprint density at radius 2 is 1.10 bits per heavy atom. The van der Waals surface area contributed by atoms with Crippen molar-refractivity contribution in [3.05, 3.63) is 173 Å². The quantitative estimate of drug-likeness (QED) is 0.158. The molecule has 12 rings (SSSR count). The minimum absolute atomic E-state index is 0.00229. The van der Waals surface area contributed by atoms with E-state index in [4.69, 9.17) is 0 Å². The molecule has 310 valence electrons. The first-order chi connectivity index (χ1) is 29.9. The van der Waals surface area contributed by atoms with E-state index in [1.54, 1.807) is 0 Å². The molecule has 0 saturated carbocycles. The van der Waals surface area contributed by atoms with Gasteiger partial charge in [0, 0.05) is 71.9 Å². The SMILES string of the molecule is CC(C)(C)c1ccc(N2C3=C(B4c5c(cc(C(C)(C)C)cc52)-c2c5c6ccccc6n(-c6ccccc6)c5cc5c6ccccc6n4c25)C(C)(C)c2ccc(C(C)(C)C)cc23)cc1. The summed E-state index contributed by atoms with van der Waals surface area (Å²) in [4.78, 5) is 2.69. The molecule has 1 aliphatic carbocycles. The van der Waals surface area contributed by atoms with E-state index in [-0.39, 0.29) is 28.5 Å². The molecule has 0 spiro atoms. The number of hydrogen-bond donors (Lipinski definition) is 0. The second-order valence-electron chi connectivity index (χ2n) is 22.3. The first-order valence-electron chi connectivity index (χ1n) is 23.0. The molecule has 63 heavy (non-hydrogen) atoms. The Hall–Kier alpha value is -6.26. The number of para-hydroxylation sites is 3. The van der Waals surface area contributed by atoms with Gasteiger partial charge in [0.25, 0.3) is 0 Å². The highest BCUT2D eigenvalue weighted by molar-refractivity contribution is 6.86. The lowest BCUT2D eigenvalue weighted by Crippen LogP contribution is -2.52. The van der Waals surface area contributed by atoms with Gasteiger partial charge >= 0.3 is 6.85 Å². The van der Waals surface area contributed by atoms with Crippen molar-refractivity contribution in [2.24, 2.45) is 0 Å². The number of aromatic nitrogens is 2. The fourth-order valence-corrected chi connectivity index (χ4v) is 11.7. The normalized spacial score (nSPS) is 15.5. The van der Waals surface area contributed by atoms with Crippen molar-refractivity contribution < 1.29 is 0 Å². The van der Waals surface area contributed by atoms with E-state index in [0.29, 0.717) is 0 Å². The summed E-state index contributed by atoms with van der Waals surface area (Å²) in [6.07, 6.45) is 0. The second kappa shape index (κ2) is 12.5. The summed E-state index contributed by atoms with van der Waals surface area (Å²) in [5.74, 6) is 0. The molecule has 3 nitrogen and oxygen atoms in total. The summed E-state index contributed by atoms with van der Waals surface area (Å²) in [5, 5.41) is 5.22. The molecule has 0 bridgehead atoms. The first kappa shape index (κ1) is 38.4. The molecule has 0 amide bonds. The zero-order valence-corrected chi connectivity index (χ0v) is 38.7. The van der Waals surface area contributed by atoms with Crippen molar-refractivity contribution >= 4 is 73.0 Å². The Kier molecular flexibility index (Phi) is 7.61. The largest absolute Gasteiger partial charge is 0.376 e. The van der Waals surface area contributed by atoms with Crippen LogP contribution >= 0.6 is 0 Å². The highest BCUT2D eigenvalue weighted by atomic mass is 15.2. The van der Waals surface area contributed by atoms with Crippen LogP contribution in [0.15, 0.2) is 145 Å². The molecule has 2 aromatic heterocycles. The van der Waals surface area contributed by atoms with Gasteiger partial charge in [-0.15, -0.1) is 0 Å². The molecular weight excluding hydrogens is 761 g/mol. The van der Waals surface area contributed by atoms with Gasteiger partial charge in [0.1, 0.15) is 0 Å². The van der Waals surface area contributed by atoms with Crippen LogP contribution in [0.3, 0.4) is 0 Å². The number of allylic oxidation sites excluding steroid dienone is 1. The average molecular weight is 818 g/mol. The van der Waals surface area contributed by atoms with E-state index in [9.17, 15) is 0 Å². The van der Waals surface area contributed by atoms with Crippen molar-refractivity contribution in [2.75, 3.05) is 4.90 Å². The molecule has 0 unspecified atom stereocenters. The topological polar surface area (TPSA) is 13.1 Å². The zero-order chi connectivity index (χ0) is 43.7. The predicted molar refractivity (Wildman–Crippen MR) is 271 cm³/mol. The number of rotatable bonds is 2. The summed E-state index contributed by atoms with van der Waals surface area (Å²) in [6.45, 7) is 26.1. The summed E-state index contributed by atoms with van der Waals surface area (Å²) in [7, 11) is 0. The third kappa shape index (κ3) is 5.15. The lowest BCUT2D eigenvalue weighted by molar-refractivity contribution is 0.588. The highest BCUT2D eigenvalue weighted by Crippen LogP contribution is 2.58. The molecule has 9 aromatic rings. The minimum atomic E-state index is -0.268. The number of benzene rings is 7. The maximum atomic E-state index is 2.78. The Labute approximate surface area is 372 Å². The van der Waals surface area contributed by atoms with Crippen LogP contribution in [-0.2, 0) is 21.7 Å². The highest BCUT2D eigenvalue weighted by Gasteiger charge is 2.54. The molecule has 0 saturated heterocycles. The van der Waals surface area contributed by atoms with E-state index >= 15 is 0 Å². The van der Waals surface area contributed by atoms with E-state index in [0.717, 1.165) is 0 Å². The molecule has 0 atom stereocenters. The van der Waals surface area contributed by atoms with Crippen molar-refractivity contribution in [2.45, 2.75) is 97.8 Å². The minimum Gasteiger partial charge on any atom is -0.376 e. The maximum absolute atomic E-state index is 2.78. The van der Waals surface area contributed by atoms with Crippen LogP contribution in [-0.4, -0.2) is 15.9 Å². The summed E-state index contributed by atoms with van der Waals surface area (Å²) >= 11 is 0. The van der Waals surface area contributed by atoms with Crippen LogP contribution in [0.1, 0.15) is 104 Å². The Morgan fingerprint density at radius 3 is 1.78 bits per heavy atom. The number of nitrogens with zero attached hydrogens (tertiary/aromatic N) is 3. The van der Waals surface area contributed by atoms with Crippen LogP contribution in [0.2, 0.25) is 0 Å². The van der Waals surface area contributed by atoms with Gasteiger partial charge in [0.05, 0.1) is 11.0 Å². The van der Waals surface area contributed by atoms with Gasteiger partial charge in [0.2, 0.25) is 0 Å². The van der Waals surface area contributed by atoms with Crippen molar-refractivity contribution in [3.63, 3.8) is 0 Å². The van der Waals surface area contributed by atoms with E-state index in [1.165, 1.54) is 116 Å². The first-order valence-corrected chi connectivity index (χ1v) is 23.0. The van der Waals surface area contributed by atoms with E-state index in [2.05, 4.69) is 230 Å². The van der Waals surface area contributed by atoms with Crippen LogP contribution in [0.4, 0.5) is 11.4 Å². The Bertz CT molecular complexity index is 3460. The maximum Gasteiger partial charge on any atom is 0.329 e. The summed E-state index contributed by atoms with van der Waals surface area (Å²) < 4.78 is 5.29. The van der Waals surface area contributed by atoms with Crippen LogP contribution in [0.25, 0.3) is 66.1 Å². The molecule has 2 aliphatic heterocycles. The van der Waals surface area contributed by atoms with Crippen molar-refractivity contribution in [3.8, 4) is 16.8 Å². The fraction of sp³-hybridized carbons (Fsp3) is 0.254. The smallest absolute Gasteiger partial charge is 0.329 e. The molecule has 0 N–H and O–H groups in total. The molecule has 4 heterocycles. The van der Waals surface area contributed by atoms with Gasteiger partial charge in [-0.25, -0.2) is 0 Å². The van der Waals surface area contributed by atoms with Gasteiger partial charge in [-0.3, -0.25) is 0 Å². The van der Waals surface area contributed by atoms with Crippen LogP contribution in [0.5, 0.6) is 0 Å². The number of hydrogen-bond acceptors (Lipinski definition) is 1. The van der Waals surface area contributed by atoms with Gasteiger partial charge < -0.3 is 13.9 Å².